The number of aromatic nitrogens is 5. The second-order valence-electron chi connectivity index (χ2n) is 5.55. The van der Waals surface area contributed by atoms with Gasteiger partial charge < -0.3 is 4.98 Å². The second kappa shape index (κ2) is 6.52. The van der Waals surface area contributed by atoms with Crippen LogP contribution in [0, 0.1) is 0 Å². The molecular formula is C18H15N5OS. The van der Waals surface area contributed by atoms with Crippen LogP contribution < -0.4 is 5.56 Å². The highest BCUT2D eigenvalue weighted by atomic mass is 32.2. The number of para-hydroxylation sites is 2. The highest BCUT2D eigenvalue weighted by Crippen LogP contribution is 2.32. The Morgan fingerprint density at radius 3 is 2.68 bits per heavy atom. The van der Waals surface area contributed by atoms with E-state index in [9.17, 15) is 4.79 Å². The number of nitrogens with zero attached hydrogens (tertiary/aromatic N) is 4. The first-order valence-electron chi connectivity index (χ1n) is 7.83. The zero-order valence-electron chi connectivity index (χ0n) is 13.5. The van der Waals surface area contributed by atoms with Crippen molar-refractivity contribution in [3.8, 4) is 5.69 Å². The molecule has 2 aromatic heterocycles. The van der Waals surface area contributed by atoms with Crippen molar-refractivity contribution < 1.29 is 0 Å². The maximum atomic E-state index is 12.3. The van der Waals surface area contributed by atoms with E-state index in [4.69, 9.17) is 0 Å². The topological polar surface area (TPSA) is 76.5 Å². The van der Waals surface area contributed by atoms with Crippen LogP contribution in [-0.4, -0.2) is 24.7 Å². The molecule has 0 amide bonds. The average molecular weight is 349 g/mol. The molecule has 0 saturated carbocycles. The summed E-state index contributed by atoms with van der Waals surface area (Å²) in [6.45, 7) is 1.99. The van der Waals surface area contributed by atoms with Crippen LogP contribution in [0.4, 0.5) is 0 Å². The summed E-state index contributed by atoms with van der Waals surface area (Å²) in [4.78, 5) is 19.7. The molecule has 124 valence electrons. The van der Waals surface area contributed by atoms with Crippen molar-refractivity contribution in [2.24, 2.45) is 0 Å². The van der Waals surface area contributed by atoms with Gasteiger partial charge in [-0.25, -0.2) is 4.98 Å². The van der Waals surface area contributed by atoms with Gasteiger partial charge in [-0.3, -0.25) is 9.36 Å². The molecule has 0 aliphatic carbocycles. The van der Waals surface area contributed by atoms with Crippen LogP contribution in [0.25, 0.3) is 16.6 Å². The van der Waals surface area contributed by atoms with Crippen molar-refractivity contribution in [1.82, 2.24) is 24.7 Å². The average Bonchev–Trinajstić information content (AvgIpc) is 3.10. The third kappa shape index (κ3) is 3.06. The summed E-state index contributed by atoms with van der Waals surface area (Å²) in [5, 5.41) is 9.47. The Bertz CT molecular complexity index is 1070. The van der Waals surface area contributed by atoms with Gasteiger partial charge in [-0.05, 0) is 31.2 Å². The van der Waals surface area contributed by atoms with Crippen LogP contribution >= 0.6 is 11.8 Å². The Balaban J connectivity index is 1.67. The van der Waals surface area contributed by atoms with Crippen LogP contribution in [0.1, 0.15) is 18.0 Å². The number of nitrogens with one attached hydrogen (secondary N) is 1. The summed E-state index contributed by atoms with van der Waals surface area (Å²) >= 11 is 1.50. The van der Waals surface area contributed by atoms with Crippen LogP contribution in [0.5, 0.6) is 0 Å². The van der Waals surface area contributed by atoms with Gasteiger partial charge in [0.1, 0.15) is 12.2 Å². The summed E-state index contributed by atoms with van der Waals surface area (Å²) in [6, 6.07) is 17.2. The number of benzene rings is 2. The van der Waals surface area contributed by atoms with Gasteiger partial charge in [-0.1, -0.05) is 42.1 Å². The Labute approximate surface area is 148 Å². The molecule has 0 aliphatic rings. The van der Waals surface area contributed by atoms with Gasteiger partial charge in [0.05, 0.1) is 16.2 Å². The van der Waals surface area contributed by atoms with E-state index in [0.717, 1.165) is 10.8 Å². The van der Waals surface area contributed by atoms with E-state index in [2.05, 4.69) is 20.2 Å². The van der Waals surface area contributed by atoms with Crippen LogP contribution in [-0.2, 0) is 0 Å². The maximum Gasteiger partial charge on any atom is 0.258 e. The fourth-order valence-electron chi connectivity index (χ4n) is 2.58. The van der Waals surface area contributed by atoms with Crippen LogP contribution in [0.15, 0.2) is 70.9 Å². The molecule has 0 bridgehead atoms. The minimum Gasteiger partial charge on any atom is -0.309 e. The minimum atomic E-state index is -0.127. The molecule has 2 heterocycles. The molecule has 0 saturated heterocycles. The molecular weight excluding hydrogens is 334 g/mol. The van der Waals surface area contributed by atoms with E-state index >= 15 is 0 Å². The SMILES string of the molecule is C[C@H](Sc1nncn1-c1ccccc1)c1nc2ccccc2c(=O)[nH]1. The van der Waals surface area contributed by atoms with Gasteiger partial charge in [0.25, 0.3) is 5.56 Å². The molecule has 0 radical (unpaired) electrons. The van der Waals surface area contributed by atoms with Gasteiger partial charge in [0, 0.05) is 5.69 Å². The van der Waals surface area contributed by atoms with E-state index in [1.165, 1.54) is 11.8 Å². The van der Waals surface area contributed by atoms with E-state index in [-0.39, 0.29) is 10.8 Å². The Kier molecular flexibility index (Phi) is 4.07. The summed E-state index contributed by atoms with van der Waals surface area (Å²) < 4.78 is 1.92. The summed E-state index contributed by atoms with van der Waals surface area (Å²) in [6.07, 6.45) is 1.68. The smallest absolute Gasteiger partial charge is 0.258 e. The van der Waals surface area contributed by atoms with Crippen molar-refractivity contribution in [2.45, 2.75) is 17.3 Å². The zero-order valence-corrected chi connectivity index (χ0v) is 14.3. The van der Waals surface area contributed by atoms with Crippen LogP contribution in [0.3, 0.4) is 0 Å². The number of H-pyrrole nitrogens is 1. The lowest BCUT2D eigenvalue weighted by Crippen LogP contribution is -2.13. The van der Waals surface area contributed by atoms with Gasteiger partial charge in [-0.15, -0.1) is 10.2 Å². The van der Waals surface area contributed by atoms with Crippen molar-refractivity contribution in [1.29, 1.82) is 0 Å². The fourth-order valence-corrected chi connectivity index (χ4v) is 3.48. The summed E-state index contributed by atoms with van der Waals surface area (Å²) in [5.74, 6) is 0.622. The van der Waals surface area contributed by atoms with Gasteiger partial charge in [-0.2, -0.15) is 0 Å². The number of rotatable bonds is 4. The summed E-state index contributed by atoms with van der Waals surface area (Å²) in [5.41, 5.74) is 1.55. The van der Waals surface area contributed by atoms with E-state index < -0.39 is 0 Å². The van der Waals surface area contributed by atoms with E-state index in [1.807, 2.05) is 60.0 Å². The Morgan fingerprint density at radius 1 is 1.08 bits per heavy atom. The first-order chi connectivity index (χ1) is 12.2. The molecule has 1 atom stereocenters. The number of fused-ring (bicyclic) bond motifs is 1. The molecule has 0 unspecified atom stereocenters. The van der Waals surface area contributed by atoms with Crippen LogP contribution in [0.2, 0.25) is 0 Å². The molecule has 4 aromatic rings. The number of hydrogen-bond donors (Lipinski definition) is 1. The molecule has 0 fully saturated rings. The van der Waals surface area contributed by atoms with Crippen molar-refractivity contribution in [3.05, 3.63) is 77.1 Å². The molecule has 7 heteroatoms. The van der Waals surface area contributed by atoms with E-state index in [1.54, 1.807) is 12.4 Å². The lowest BCUT2D eigenvalue weighted by Gasteiger charge is -2.12. The third-order valence-electron chi connectivity index (χ3n) is 3.85. The molecule has 0 spiro atoms. The predicted octanol–water partition coefficient (Wildman–Crippen LogP) is 3.36. The standard InChI is InChI=1S/C18H15N5OS/c1-12(16-20-15-10-6-5-9-14(15)17(24)21-16)25-18-22-19-11-23(18)13-7-3-2-4-8-13/h2-12H,1H3,(H,20,21,24)/t12-/m0/s1. The largest absolute Gasteiger partial charge is 0.309 e. The molecule has 4 rings (SSSR count). The lowest BCUT2D eigenvalue weighted by atomic mass is 10.2. The zero-order chi connectivity index (χ0) is 17.2. The highest BCUT2D eigenvalue weighted by Gasteiger charge is 2.16. The Morgan fingerprint density at radius 2 is 1.84 bits per heavy atom. The minimum absolute atomic E-state index is 0.0797. The lowest BCUT2D eigenvalue weighted by molar-refractivity contribution is 0.861. The number of hydrogen-bond acceptors (Lipinski definition) is 5. The van der Waals surface area contributed by atoms with Crippen molar-refractivity contribution in [3.63, 3.8) is 0 Å². The fraction of sp³-hybridized carbons (Fsp3) is 0.111. The van der Waals surface area contributed by atoms with Gasteiger partial charge in [0.2, 0.25) is 0 Å². The van der Waals surface area contributed by atoms with Crippen molar-refractivity contribution >= 4 is 22.7 Å². The normalized spacial score (nSPS) is 12.4. The van der Waals surface area contributed by atoms with Gasteiger partial charge >= 0.3 is 0 Å². The predicted molar refractivity (Wildman–Crippen MR) is 98.0 cm³/mol. The van der Waals surface area contributed by atoms with E-state index in [0.29, 0.717) is 16.7 Å². The third-order valence-corrected chi connectivity index (χ3v) is 4.92. The molecule has 0 aliphatic heterocycles. The molecule has 2 aromatic carbocycles. The second-order valence-corrected chi connectivity index (χ2v) is 6.86. The quantitative estimate of drug-likeness (QED) is 0.572. The summed E-state index contributed by atoms with van der Waals surface area (Å²) in [7, 11) is 0. The first-order valence-corrected chi connectivity index (χ1v) is 8.71. The maximum absolute atomic E-state index is 12.3. The van der Waals surface area contributed by atoms with Gasteiger partial charge in [0.15, 0.2) is 5.16 Å². The molecule has 1 N–H and O–H groups in total. The monoisotopic (exact) mass is 349 g/mol. The van der Waals surface area contributed by atoms with Crippen molar-refractivity contribution in [2.75, 3.05) is 0 Å². The first kappa shape index (κ1) is 15.6. The number of aromatic amines is 1. The highest BCUT2D eigenvalue weighted by molar-refractivity contribution is 7.99. The molecule has 25 heavy (non-hydrogen) atoms. The molecule has 6 nitrogen and oxygen atoms in total. The Hall–Kier alpha value is -2.93. The number of thioether (sulfide) groups is 1.